The second-order valence-corrected chi connectivity index (χ2v) is 4.45. The molecule has 1 aromatic rings. The molecule has 0 aliphatic heterocycles. The fourth-order valence-corrected chi connectivity index (χ4v) is 2.26. The van der Waals surface area contributed by atoms with Crippen molar-refractivity contribution in [3.63, 3.8) is 0 Å². The minimum absolute atomic E-state index is 0.131. The molecule has 0 aromatic carbocycles. The molecule has 0 spiro atoms. The molecule has 1 rings (SSSR count). The highest BCUT2D eigenvalue weighted by Crippen LogP contribution is 2.17. The van der Waals surface area contributed by atoms with E-state index in [0.29, 0.717) is 0 Å². The number of nitrogens with zero attached hydrogens (tertiary/aromatic N) is 2. The molecule has 0 bridgehead atoms. The van der Waals surface area contributed by atoms with Crippen molar-refractivity contribution in [3.8, 4) is 0 Å². The van der Waals surface area contributed by atoms with Crippen molar-refractivity contribution in [2.45, 2.75) is 53.0 Å². The van der Waals surface area contributed by atoms with E-state index >= 15 is 0 Å². The van der Waals surface area contributed by atoms with E-state index in [4.69, 9.17) is 4.74 Å². The average Bonchev–Trinajstić information content (AvgIpc) is 2.72. The van der Waals surface area contributed by atoms with Gasteiger partial charge in [-0.3, -0.25) is 9.48 Å². The Morgan fingerprint density at radius 2 is 2.00 bits per heavy atom. The summed E-state index contributed by atoms with van der Waals surface area (Å²) in [7, 11) is 1.72. The van der Waals surface area contributed by atoms with Crippen LogP contribution in [-0.2, 0) is 24.1 Å². The maximum absolute atomic E-state index is 11.7. The Morgan fingerprint density at radius 1 is 1.28 bits per heavy atom. The molecular formula is C14H24N2O2. The number of hydrogen-bond acceptors (Lipinski definition) is 3. The number of unbranched alkanes of at least 4 members (excludes halogenated alkanes) is 1. The van der Waals surface area contributed by atoms with E-state index < -0.39 is 0 Å². The van der Waals surface area contributed by atoms with Crippen LogP contribution < -0.4 is 0 Å². The topological polar surface area (TPSA) is 44.1 Å². The standard InChI is InChI=1S/C14H24N2O2/c1-5-12-14(11(3)17)13(6-2)16(15-12)9-7-8-10-18-4/h5-10H2,1-4H3. The number of carbonyl (C=O) groups is 1. The molecule has 0 saturated heterocycles. The third kappa shape index (κ3) is 3.42. The zero-order valence-corrected chi connectivity index (χ0v) is 12.0. The Kier molecular flexibility index (Phi) is 6.05. The van der Waals surface area contributed by atoms with Crippen LogP contribution in [0.5, 0.6) is 0 Å². The van der Waals surface area contributed by atoms with E-state index in [0.717, 1.165) is 55.8 Å². The van der Waals surface area contributed by atoms with Crippen molar-refractivity contribution in [2.24, 2.45) is 0 Å². The number of Topliss-reactive ketones (excluding diaryl/α,β-unsaturated/α-hetero) is 1. The molecule has 18 heavy (non-hydrogen) atoms. The van der Waals surface area contributed by atoms with Crippen LogP contribution >= 0.6 is 0 Å². The van der Waals surface area contributed by atoms with Gasteiger partial charge in [-0.05, 0) is 32.6 Å². The first-order chi connectivity index (χ1) is 8.65. The lowest BCUT2D eigenvalue weighted by Gasteiger charge is -2.06. The summed E-state index contributed by atoms with van der Waals surface area (Å²) in [4.78, 5) is 11.7. The van der Waals surface area contributed by atoms with Crippen molar-refractivity contribution < 1.29 is 9.53 Å². The largest absolute Gasteiger partial charge is 0.385 e. The summed E-state index contributed by atoms with van der Waals surface area (Å²) >= 11 is 0. The monoisotopic (exact) mass is 252 g/mol. The molecule has 4 heteroatoms. The maximum atomic E-state index is 11.7. The van der Waals surface area contributed by atoms with Crippen LogP contribution in [0, 0.1) is 0 Å². The highest BCUT2D eigenvalue weighted by molar-refractivity contribution is 5.96. The average molecular weight is 252 g/mol. The molecule has 0 N–H and O–H groups in total. The van der Waals surface area contributed by atoms with Crippen LogP contribution in [0.4, 0.5) is 0 Å². The van der Waals surface area contributed by atoms with E-state index in [1.54, 1.807) is 14.0 Å². The van der Waals surface area contributed by atoms with Gasteiger partial charge in [0.1, 0.15) is 0 Å². The van der Waals surface area contributed by atoms with Crippen LogP contribution in [0.15, 0.2) is 0 Å². The summed E-state index contributed by atoms with van der Waals surface area (Å²) < 4.78 is 7.05. The van der Waals surface area contributed by atoms with E-state index in [9.17, 15) is 4.79 Å². The van der Waals surface area contributed by atoms with Crippen molar-refractivity contribution >= 4 is 5.78 Å². The molecular weight excluding hydrogens is 228 g/mol. The van der Waals surface area contributed by atoms with Crippen molar-refractivity contribution in [1.29, 1.82) is 0 Å². The van der Waals surface area contributed by atoms with E-state index in [1.807, 2.05) is 11.6 Å². The van der Waals surface area contributed by atoms with Crippen LogP contribution in [0.2, 0.25) is 0 Å². The lowest BCUT2D eigenvalue weighted by Crippen LogP contribution is -2.07. The fourth-order valence-electron chi connectivity index (χ4n) is 2.26. The summed E-state index contributed by atoms with van der Waals surface area (Å²) in [6, 6.07) is 0. The number of hydrogen-bond donors (Lipinski definition) is 0. The summed E-state index contributed by atoms with van der Waals surface area (Å²) in [5.74, 6) is 0.131. The summed E-state index contributed by atoms with van der Waals surface area (Å²) in [5.41, 5.74) is 2.86. The number of methoxy groups -OCH3 is 1. The normalized spacial score (nSPS) is 10.9. The Balaban J connectivity index is 2.87. The van der Waals surface area contributed by atoms with Crippen LogP contribution in [0.1, 0.15) is 55.4 Å². The zero-order chi connectivity index (χ0) is 13.5. The van der Waals surface area contributed by atoms with Crippen molar-refractivity contribution in [3.05, 3.63) is 17.0 Å². The molecule has 0 radical (unpaired) electrons. The van der Waals surface area contributed by atoms with Gasteiger partial charge >= 0.3 is 0 Å². The molecule has 0 atom stereocenters. The first-order valence-corrected chi connectivity index (χ1v) is 6.74. The summed E-state index contributed by atoms with van der Waals surface area (Å²) in [6.07, 6.45) is 3.72. The first-order valence-electron chi connectivity index (χ1n) is 6.74. The molecule has 0 fully saturated rings. The molecule has 0 aliphatic rings. The number of rotatable bonds is 8. The number of carbonyl (C=O) groups excluding carboxylic acids is 1. The van der Waals surface area contributed by atoms with Gasteiger partial charge in [-0.1, -0.05) is 13.8 Å². The number of ether oxygens (including phenoxy) is 1. The summed E-state index contributed by atoms with van der Waals surface area (Å²) in [5, 5.41) is 4.57. The van der Waals surface area contributed by atoms with Gasteiger partial charge in [0.05, 0.1) is 11.3 Å². The van der Waals surface area contributed by atoms with Gasteiger partial charge in [-0.25, -0.2) is 0 Å². The van der Waals surface area contributed by atoms with Crippen molar-refractivity contribution in [2.75, 3.05) is 13.7 Å². The molecule has 102 valence electrons. The van der Waals surface area contributed by atoms with Gasteiger partial charge in [0, 0.05) is 26.0 Å². The van der Waals surface area contributed by atoms with Crippen LogP contribution in [0.3, 0.4) is 0 Å². The highest BCUT2D eigenvalue weighted by Gasteiger charge is 2.18. The highest BCUT2D eigenvalue weighted by atomic mass is 16.5. The van der Waals surface area contributed by atoms with Gasteiger partial charge in [0.2, 0.25) is 0 Å². The molecule has 0 saturated carbocycles. The van der Waals surface area contributed by atoms with Gasteiger partial charge in [-0.2, -0.15) is 5.10 Å². The third-order valence-electron chi connectivity index (χ3n) is 3.12. The zero-order valence-electron chi connectivity index (χ0n) is 12.0. The maximum Gasteiger partial charge on any atom is 0.163 e. The van der Waals surface area contributed by atoms with E-state index in [-0.39, 0.29) is 5.78 Å². The van der Waals surface area contributed by atoms with E-state index in [1.165, 1.54) is 0 Å². The quantitative estimate of drug-likeness (QED) is 0.527. The predicted octanol–water partition coefficient (Wildman–Crippen LogP) is 2.64. The summed E-state index contributed by atoms with van der Waals surface area (Å²) in [6.45, 7) is 7.40. The smallest absolute Gasteiger partial charge is 0.163 e. The SMILES string of the molecule is CCc1nn(CCCCOC)c(CC)c1C(C)=O. The lowest BCUT2D eigenvalue weighted by molar-refractivity contribution is 0.101. The molecule has 0 unspecified atom stereocenters. The van der Waals surface area contributed by atoms with Crippen LogP contribution in [0.25, 0.3) is 0 Å². The Bertz CT molecular complexity index is 397. The minimum Gasteiger partial charge on any atom is -0.385 e. The second kappa shape index (κ2) is 7.31. The van der Waals surface area contributed by atoms with Crippen molar-refractivity contribution in [1.82, 2.24) is 9.78 Å². The Hall–Kier alpha value is -1.16. The van der Waals surface area contributed by atoms with Gasteiger partial charge in [0.25, 0.3) is 0 Å². The number of aryl methyl sites for hydroxylation is 2. The number of ketones is 1. The van der Waals surface area contributed by atoms with E-state index in [2.05, 4.69) is 12.0 Å². The van der Waals surface area contributed by atoms with Crippen LogP contribution in [-0.4, -0.2) is 29.3 Å². The number of aromatic nitrogens is 2. The molecule has 1 aromatic heterocycles. The third-order valence-corrected chi connectivity index (χ3v) is 3.12. The second-order valence-electron chi connectivity index (χ2n) is 4.45. The fraction of sp³-hybridized carbons (Fsp3) is 0.714. The molecule has 1 heterocycles. The predicted molar refractivity (Wildman–Crippen MR) is 72.1 cm³/mol. The van der Waals surface area contributed by atoms with Gasteiger partial charge in [0.15, 0.2) is 5.78 Å². The lowest BCUT2D eigenvalue weighted by atomic mass is 10.1. The first kappa shape index (κ1) is 14.9. The Morgan fingerprint density at radius 3 is 2.50 bits per heavy atom. The minimum atomic E-state index is 0.131. The molecule has 4 nitrogen and oxygen atoms in total. The molecule has 0 amide bonds. The van der Waals surface area contributed by atoms with Gasteiger partial charge < -0.3 is 4.74 Å². The van der Waals surface area contributed by atoms with Gasteiger partial charge in [-0.15, -0.1) is 0 Å². The molecule has 0 aliphatic carbocycles. The Labute approximate surface area is 109 Å².